The quantitative estimate of drug-likeness (QED) is 0.137. The predicted molar refractivity (Wildman–Crippen MR) is 187 cm³/mol. The molecule has 0 fully saturated rings. The average molecular weight is 647 g/mol. The fraction of sp³-hybridized carbons (Fsp3) is 0.111. The number of pyridine rings is 6. The van der Waals surface area contributed by atoms with Gasteiger partial charge in [-0.3, -0.25) is 39.7 Å². The Morgan fingerprint density at radius 2 is 0.875 bits per heavy atom. The number of carbonyl (C=O) groups excluding carboxylic acids is 1. The summed E-state index contributed by atoms with van der Waals surface area (Å²) in [6.07, 6.45) is 23.6. The minimum absolute atomic E-state index is 0. The number of carbonyl (C=O) groups is 1. The van der Waals surface area contributed by atoms with Crippen molar-refractivity contribution in [2.45, 2.75) is 26.2 Å². The van der Waals surface area contributed by atoms with Gasteiger partial charge in [-0.2, -0.15) is 0 Å². The van der Waals surface area contributed by atoms with E-state index in [9.17, 15) is 4.79 Å². The van der Waals surface area contributed by atoms with Crippen LogP contribution in [-0.4, -0.2) is 50.8 Å². The van der Waals surface area contributed by atoms with Gasteiger partial charge in [-0.25, -0.2) is 0 Å². The average Bonchev–Trinajstić information content (AvgIpc) is 3.15. The second-order valence-corrected chi connectivity index (χ2v) is 9.38. The summed E-state index contributed by atoms with van der Waals surface area (Å²) in [5, 5.41) is 3.36. The number of hydrogen-bond donors (Lipinski definition) is 2. The summed E-state index contributed by atoms with van der Waals surface area (Å²) in [6, 6.07) is 23.0. The van der Waals surface area contributed by atoms with E-state index in [0.29, 0.717) is 18.7 Å². The Kier molecular flexibility index (Phi) is 23.5. The van der Waals surface area contributed by atoms with Crippen molar-refractivity contribution in [3.63, 3.8) is 0 Å². The van der Waals surface area contributed by atoms with Crippen molar-refractivity contribution in [1.29, 1.82) is 0 Å². The topological polar surface area (TPSA) is 145 Å². The SMILES string of the molecule is C(=NCc1ccncc1)c1ccncc1.NCc1ccncc1.O=Cc1ccncc1.[B].[H-].[Na+].c1cc(CNCc2ccncc2)ccn1. The molecule has 0 saturated carbocycles. The fourth-order valence-corrected chi connectivity index (χ4v) is 3.51. The molecule has 0 aliphatic rings. The summed E-state index contributed by atoms with van der Waals surface area (Å²) in [7, 11) is 0. The molecule has 0 amide bonds. The molecular weight excluding hydrogens is 608 g/mol. The van der Waals surface area contributed by atoms with E-state index in [4.69, 9.17) is 5.73 Å². The number of rotatable bonds is 9. The first-order chi connectivity index (χ1) is 22.8. The Bertz CT molecular complexity index is 1590. The first-order valence-electron chi connectivity index (χ1n) is 14.5. The van der Waals surface area contributed by atoms with Crippen molar-refractivity contribution >= 4 is 20.9 Å². The van der Waals surface area contributed by atoms with Crippen LogP contribution in [0.4, 0.5) is 0 Å². The monoisotopic (exact) mass is 646 g/mol. The summed E-state index contributed by atoms with van der Waals surface area (Å²) in [4.78, 5) is 37.7. The van der Waals surface area contributed by atoms with Crippen LogP contribution in [0, 0.1) is 0 Å². The number of aromatic nitrogens is 6. The minimum atomic E-state index is 0. The summed E-state index contributed by atoms with van der Waals surface area (Å²) in [6.45, 7) is 3.02. The maximum atomic E-state index is 9.98. The van der Waals surface area contributed by atoms with Gasteiger partial charge in [0.25, 0.3) is 0 Å². The van der Waals surface area contributed by atoms with Crippen LogP contribution >= 0.6 is 0 Å². The molecule has 0 saturated heterocycles. The van der Waals surface area contributed by atoms with Gasteiger partial charge in [0.2, 0.25) is 0 Å². The Morgan fingerprint density at radius 1 is 0.542 bits per heavy atom. The zero-order chi connectivity index (χ0) is 32.3. The van der Waals surface area contributed by atoms with Crippen LogP contribution < -0.4 is 40.6 Å². The van der Waals surface area contributed by atoms with Gasteiger partial charge in [0.1, 0.15) is 6.29 Å². The molecule has 10 nitrogen and oxygen atoms in total. The molecule has 0 unspecified atom stereocenters. The Hall–Kier alpha value is -4.78. The minimum Gasteiger partial charge on any atom is -1.00 e. The summed E-state index contributed by atoms with van der Waals surface area (Å²) in [5.74, 6) is 0. The second kappa shape index (κ2) is 27.3. The maximum absolute atomic E-state index is 9.98. The third kappa shape index (κ3) is 19.0. The molecule has 6 rings (SSSR count). The first kappa shape index (κ1) is 41.2. The van der Waals surface area contributed by atoms with Crippen molar-refractivity contribution in [3.05, 3.63) is 181 Å². The second-order valence-electron chi connectivity index (χ2n) is 9.38. The normalized spacial score (nSPS) is 9.44. The van der Waals surface area contributed by atoms with Crippen molar-refractivity contribution in [2.75, 3.05) is 0 Å². The van der Waals surface area contributed by atoms with E-state index in [1.807, 2.05) is 91.7 Å². The number of hydrogen-bond acceptors (Lipinski definition) is 10. The molecule has 237 valence electrons. The molecule has 3 radical (unpaired) electrons. The first-order valence-corrected chi connectivity index (χ1v) is 14.5. The van der Waals surface area contributed by atoms with Gasteiger partial charge in [0.15, 0.2) is 0 Å². The van der Waals surface area contributed by atoms with Crippen LogP contribution in [-0.2, 0) is 26.2 Å². The van der Waals surface area contributed by atoms with Gasteiger partial charge in [-0.05, 0) is 101 Å². The summed E-state index contributed by atoms with van der Waals surface area (Å²) < 4.78 is 0. The predicted octanol–water partition coefficient (Wildman–Crippen LogP) is 2.03. The molecule has 0 spiro atoms. The van der Waals surface area contributed by atoms with Gasteiger partial charge >= 0.3 is 29.6 Å². The number of nitrogens with two attached hydrogens (primary N) is 1. The zero-order valence-electron chi connectivity index (χ0n) is 28.0. The van der Waals surface area contributed by atoms with E-state index in [0.717, 1.165) is 36.1 Å². The molecule has 6 aromatic heterocycles. The smallest absolute Gasteiger partial charge is 1.00 e. The zero-order valence-corrected chi connectivity index (χ0v) is 29.0. The van der Waals surface area contributed by atoms with E-state index in [2.05, 4.69) is 40.2 Å². The van der Waals surface area contributed by atoms with Crippen molar-refractivity contribution in [3.8, 4) is 0 Å². The van der Waals surface area contributed by atoms with Crippen LogP contribution in [0.5, 0.6) is 0 Å². The molecule has 0 bridgehead atoms. The Labute approximate surface area is 307 Å². The molecule has 0 atom stereocenters. The number of nitrogens with zero attached hydrogens (tertiary/aromatic N) is 7. The largest absolute Gasteiger partial charge is 1.00 e. The Balaban J connectivity index is 0.000000639. The van der Waals surface area contributed by atoms with E-state index in [1.54, 1.807) is 61.7 Å². The van der Waals surface area contributed by atoms with Crippen LogP contribution in [0.3, 0.4) is 0 Å². The van der Waals surface area contributed by atoms with Gasteiger partial charge in [0, 0.05) is 114 Å². The van der Waals surface area contributed by atoms with Crippen LogP contribution in [0.2, 0.25) is 0 Å². The third-order valence-corrected chi connectivity index (χ3v) is 5.95. The molecule has 6 heterocycles. The Morgan fingerprint density at radius 3 is 1.21 bits per heavy atom. The molecular formula is C36H38BN9NaO. The molecule has 0 aromatic carbocycles. The van der Waals surface area contributed by atoms with Gasteiger partial charge in [-0.1, -0.05) is 0 Å². The number of nitrogens with one attached hydrogen (secondary N) is 1. The van der Waals surface area contributed by atoms with Crippen molar-refractivity contribution in [1.82, 2.24) is 35.2 Å². The van der Waals surface area contributed by atoms with E-state index in [1.165, 1.54) is 11.1 Å². The fourth-order valence-electron chi connectivity index (χ4n) is 3.51. The van der Waals surface area contributed by atoms with Crippen LogP contribution in [0.15, 0.2) is 152 Å². The van der Waals surface area contributed by atoms with E-state index in [-0.39, 0.29) is 39.4 Å². The molecule has 48 heavy (non-hydrogen) atoms. The van der Waals surface area contributed by atoms with Gasteiger partial charge in [-0.15, -0.1) is 0 Å². The third-order valence-electron chi connectivity index (χ3n) is 5.95. The molecule has 3 N–H and O–H groups in total. The summed E-state index contributed by atoms with van der Waals surface area (Å²) >= 11 is 0. The van der Waals surface area contributed by atoms with Crippen LogP contribution in [0.25, 0.3) is 0 Å². The molecule has 0 aliphatic carbocycles. The van der Waals surface area contributed by atoms with Gasteiger partial charge in [0.05, 0.1) is 6.54 Å². The molecule has 12 heteroatoms. The standard InChI is InChI=1S/C12H13N3.C12H11N3.C6H8N2.C6H5NO.B.Na.H/c2*1-5-13-6-2-11(1)9-15-10-12-3-7-14-8-4-12;7-5-6-1-3-8-4-2-6;8-5-6-1-3-7-4-2-6;;;/h1-8,15H,9-10H2;1-9H,10H2;1-4H,5,7H2;1-5H;;;/q;;;;;+1;-1. The van der Waals surface area contributed by atoms with Crippen molar-refractivity contribution < 1.29 is 35.8 Å². The van der Waals surface area contributed by atoms with E-state index < -0.39 is 0 Å². The van der Waals surface area contributed by atoms with Crippen molar-refractivity contribution in [2.24, 2.45) is 10.7 Å². The van der Waals surface area contributed by atoms with E-state index >= 15 is 0 Å². The maximum Gasteiger partial charge on any atom is 1.00 e. The summed E-state index contributed by atoms with van der Waals surface area (Å²) in [5.41, 5.74) is 11.8. The number of aliphatic imine (C=N–C) groups is 1. The van der Waals surface area contributed by atoms with Gasteiger partial charge < -0.3 is 12.5 Å². The molecule has 0 aliphatic heterocycles. The van der Waals surface area contributed by atoms with Crippen LogP contribution in [0.1, 0.15) is 39.6 Å². The molecule has 6 aromatic rings. The number of aldehydes is 1.